The Labute approximate surface area is 231 Å². The molecule has 2 fully saturated rings. The minimum atomic E-state index is -0.683. The van der Waals surface area contributed by atoms with Gasteiger partial charge in [0, 0.05) is 54.2 Å². The van der Waals surface area contributed by atoms with Crippen molar-refractivity contribution in [2.45, 2.75) is 31.3 Å². The summed E-state index contributed by atoms with van der Waals surface area (Å²) in [5.74, 6) is 0.925. The van der Waals surface area contributed by atoms with Crippen molar-refractivity contribution in [3.8, 4) is 5.75 Å². The minimum absolute atomic E-state index is 0.683. The summed E-state index contributed by atoms with van der Waals surface area (Å²) < 4.78 is 12.6. The maximum atomic E-state index is 7.02. The molecular formula is C35H36N2O2. The minimum Gasteiger partial charge on any atom is -0.473 e. The van der Waals surface area contributed by atoms with E-state index in [1.165, 1.54) is 47.8 Å². The normalized spacial score (nSPS) is 21.3. The second kappa shape index (κ2) is 10.4. The Hall–Kier alpha value is -3.76. The largest absolute Gasteiger partial charge is 0.473 e. The van der Waals surface area contributed by atoms with Gasteiger partial charge in [0.05, 0.1) is 13.2 Å². The van der Waals surface area contributed by atoms with Gasteiger partial charge in [0.25, 0.3) is 0 Å². The Morgan fingerprint density at radius 2 is 1.31 bits per heavy atom. The number of fused-ring (bicyclic) bond motifs is 3. The summed E-state index contributed by atoms with van der Waals surface area (Å²) in [6.45, 7) is 5.74. The fourth-order valence-corrected chi connectivity index (χ4v) is 6.42. The van der Waals surface area contributed by atoms with Gasteiger partial charge in [-0.1, -0.05) is 67.4 Å². The maximum Gasteiger partial charge on any atom is 0.178 e. The first-order valence-corrected chi connectivity index (χ1v) is 14.5. The van der Waals surface area contributed by atoms with Crippen molar-refractivity contribution in [1.29, 1.82) is 0 Å². The zero-order valence-corrected chi connectivity index (χ0v) is 22.5. The van der Waals surface area contributed by atoms with Crippen LogP contribution in [-0.2, 0) is 10.3 Å². The molecule has 3 aliphatic heterocycles. The zero-order valence-electron chi connectivity index (χ0n) is 22.5. The molecule has 4 aromatic rings. The molecule has 2 saturated heterocycles. The van der Waals surface area contributed by atoms with Crippen molar-refractivity contribution in [3.05, 3.63) is 108 Å². The molecule has 3 heterocycles. The number of hydrogen-bond acceptors (Lipinski definition) is 4. The highest BCUT2D eigenvalue weighted by Gasteiger charge is 2.37. The Morgan fingerprint density at radius 1 is 0.615 bits per heavy atom. The van der Waals surface area contributed by atoms with Crippen LogP contribution in [0.2, 0.25) is 0 Å². The highest BCUT2D eigenvalue weighted by Crippen LogP contribution is 2.44. The summed E-state index contributed by atoms with van der Waals surface area (Å²) in [7, 11) is 0. The third kappa shape index (κ3) is 4.57. The van der Waals surface area contributed by atoms with E-state index < -0.39 is 5.60 Å². The van der Waals surface area contributed by atoms with Crippen LogP contribution >= 0.6 is 0 Å². The van der Waals surface area contributed by atoms with Gasteiger partial charge in [0.2, 0.25) is 0 Å². The smallest absolute Gasteiger partial charge is 0.178 e. The molecule has 198 valence electrons. The molecule has 3 aliphatic rings. The number of anilines is 2. The lowest BCUT2D eigenvalue weighted by Crippen LogP contribution is -2.36. The van der Waals surface area contributed by atoms with E-state index in [9.17, 15) is 0 Å². The van der Waals surface area contributed by atoms with Crippen LogP contribution in [0.3, 0.4) is 0 Å². The molecule has 1 unspecified atom stereocenters. The summed E-state index contributed by atoms with van der Waals surface area (Å²) in [4.78, 5) is 4.95. The maximum absolute atomic E-state index is 7.02. The van der Waals surface area contributed by atoms with Gasteiger partial charge < -0.3 is 19.3 Å². The van der Waals surface area contributed by atoms with E-state index in [-0.39, 0.29) is 0 Å². The van der Waals surface area contributed by atoms with Crippen LogP contribution in [0, 0.1) is 0 Å². The van der Waals surface area contributed by atoms with Gasteiger partial charge in [-0.15, -0.1) is 0 Å². The Morgan fingerprint density at radius 3 is 2.08 bits per heavy atom. The molecule has 0 aliphatic carbocycles. The predicted molar refractivity (Wildman–Crippen MR) is 161 cm³/mol. The van der Waals surface area contributed by atoms with Gasteiger partial charge in [-0.2, -0.15) is 0 Å². The number of benzene rings is 4. The highest BCUT2D eigenvalue weighted by atomic mass is 16.5. The predicted octanol–water partition coefficient (Wildman–Crippen LogP) is 7.41. The Balaban J connectivity index is 1.26. The van der Waals surface area contributed by atoms with Crippen molar-refractivity contribution in [1.82, 2.24) is 0 Å². The number of nitrogens with zero attached hydrogens (tertiary/aromatic N) is 2. The summed E-state index contributed by atoms with van der Waals surface area (Å²) in [5.41, 5.74) is 5.30. The van der Waals surface area contributed by atoms with E-state index in [2.05, 4.69) is 107 Å². The SMILES string of the molecule is C1=CC(c2ccccc2)(c2ccc(N3CCOCC3)cc2)Oc2ccc3cc(N4CCCCCC4)ccc3c21. The molecule has 0 amide bonds. The monoisotopic (exact) mass is 516 g/mol. The second-order valence-electron chi connectivity index (χ2n) is 11.0. The first-order valence-electron chi connectivity index (χ1n) is 14.5. The summed E-state index contributed by atoms with van der Waals surface area (Å²) in [6.07, 6.45) is 9.78. The molecule has 4 nitrogen and oxygen atoms in total. The molecule has 39 heavy (non-hydrogen) atoms. The van der Waals surface area contributed by atoms with Gasteiger partial charge in [-0.25, -0.2) is 0 Å². The lowest BCUT2D eigenvalue weighted by atomic mass is 9.83. The Bertz CT molecular complexity index is 1470. The van der Waals surface area contributed by atoms with Crippen LogP contribution in [0.25, 0.3) is 16.8 Å². The van der Waals surface area contributed by atoms with Gasteiger partial charge >= 0.3 is 0 Å². The topological polar surface area (TPSA) is 24.9 Å². The molecule has 0 spiro atoms. The van der Waals surface area contributed by atoms with Gasteiger partial charge in [-0.3, -0.25) is 0 Å². The standard InChI is InChI=1S/C35H36N2O2/c1-2-7-21-36(20-6-1)31-15-16-32-27(26-31)10-17-34-33(32)18-19-35(39-34,28-8-4-3-5-9-28)29-11-13-30(14-12-29)37-22-24-38-25-23-37/h3-5,8-19,26H,1-2,6-7,20-25H2. The molecule has 0 saturated carbocycles. The van der Waals surface area contributed by atoms with E-state index >= 15 is 0 Å². The van der Waals surface area contributed by atoms with Gasteiger partial charge in [-0.05, 0) is 66.1 Å². The second-order valence-corrected chi connectivity index (χ2v) is 11.0. The van der Waals surface area contributed by atoms with Crippen molar-refractivity contribution >= 4 is 28.2 Å². The lowest BCUT2D eigenvalue weighted by Gasteiger charge is -2.37. The molecule has 0 radical (unpaired) electrons. The molecule has 4 aromatic carbocycles. The molecule has 7 rings (SSSR count). The fourth-order valence-electron chi connectivity index (χ4n) is 6.42. The van der Waals surface area contributed by atoms with E-state index in [0.29, 0.717) is 0 Å². The molecule has 1 atom stereocenters. The number of rotatable bonds is 4. The van der Waals surface area contributed by atoms with Gasteiger partial charge in [0.15, 0.2) is 5.60 Å². The molecular weight excluding hydrogens is 480 g/mol. The van der Waals surface area contributed by atoms with Crippen molar-refractivity contribution in [2.24, 2.45) is 0 Å². The average molecular weight is 517 g/mol. The van der Waals surface area contributed by atoms with Gasteiger partial charge in [0.1, 0.15) is 5.75 Å². The third-order valence-electron chi connectivity index (χ3n) is 8.61. The van der Waals surface area contributed by atoms with Crippen molar-refractivity contribution in [3.63, 3.8) is 0 Å². The first-order chi connectivity index (χ1) is 19.3. The van der Waals surface area contributed by atoms with E-state index in [1.807, 2.05) is 0 Å². The third-order valence-corrected chi connectivity index (χ3v) is 8.61. The lowest BCUT2D eigenvalue weighted by molar-refractivity contribution is 0.122. The summed E-state index contributed by atoms with van der Waals surface area (Å²) >= 11 is 0. The summed E-state index contributed by atoms with van der Waals surface area (Å²) in [5, 5.41) is 2.51. The van der Waals surface area contributed by atoms with Crippen LogP contribution in [-0.4, -0.2) is 39.4 Å². The first kappa shape index (κ1) is 24.3. The van der Waals surface area contributed by atoms with Crippen LogP contribution in [0.4, 0.5) is 11.4 Å². The van der Waals surface area contributed by atoms with Crippen molar-refractivity contribution < 1.29 is 9.47 Å². The van der Waals surface area contributed by atoms with E-state index in [4.69, 9.17) is 9.47 Å². The van der Waals surface area contributed by atoms with Crippen LogP contribution in [0.15, 0.2) is 91.0 Å². The van der Waals surface area contributed by atoms with E-state index in [0.717, 1.165) is 61.8 Å². The zero-order chi connectivity index (χ0) is 26.1. The Kier molecular flexibility index (Phi) is 6.49. The number of morpholine rings is 1. The fraction of sp³-hybridized carbons (Fsp3) is 0.314. The highest BCUT2D eigenvalue weighted by molar-refractivity contribution is 5.96. The quantitative estimate of drug-likeness (QED) is 0.282. The summed E-state index contributed by atoms with van der Waals surface area (Å²) in [6, 6.07) is 30.8. The van der Waals surface area contributed by atoms with Crippen LogP contribution in [0.1, 0.15) is 42.4 Å². The average Bonchev–Trinajstić information content (AvgIpc) is 3.31. The van der Waals surface area contributed by atoms with Crippen LogP contribution in [0.5, 0.6) is 5.75 Å². The van der Waals surface area contributed by atoms with E-state index in [1.54, 1.807) is 0 Å². The molecule has 0 bridgehead atoms. The van der Waals surface area contributed by atoms with Crippen LogP contribution < -0.4 is 14.5 Å². The molecule has 0 aromatic heterocycles. The molecule has 0 N–H and O–H groups in total. The van der Waals surface area contributed by atoms with Crippen molar-refractivity contribution in [2.75, 3.05) is 49.2 Å². The number of hydrogen-bond donors (Lipinski definition) is 0. The number of ether oxygens (including phenoxy) is 2. The molecule has 4 heteroatoms.